The first-order chi connectivity index (χ1) is 7.75. The van der Waals surface area contributed by atoms with E-state index < -0.39 is 4.92 Å². The Bertz CT molecular complexity index is 460. The fraction of sp³-hybridized carbons (Fsp3) is 0.0909. The molecule has 0 spiro atoms. The maximum Gasteiger partial charge on any atom is 0.257 e. The van der Waals surface area contributed by atoms with Crippen LogP contribution in [-0.4, -0.2) is 9.82 Å². The summed E-state index contributed by atoms with van der Waals surface area (Å²) in [6.07, 6.45) is 8.25. The average Bonchev–Trinajstić information content (AvgIpc) is 2.73. The molecule has 0 unspecified atom stereocenters. The van der Waals surface area contributed by atoms with Gasteiger partial charge < -0.3 is 4.90 Å². The Morgan fingerprint density at radius 3 is 3.06 bits per heavy atom. The monoisotopic (exact) mass is 234 g/mol. The minimum Gasteiger partial charge on any atom is -0.338 e. The van der Waals surface area contributed by atoms with Crippen LogP contribution >= 0.6 is 11.3 Å². The van der Waals surface area contributed by atoms with Gasteiger partial charge in [0.1, 0.15) is 5.70 Å². The number of nitrogens with zero attached hydrogens (tertiary/aromatic N) is 2. The molecule has 0 fully saturated rings. The predicted octanol–water partition coefficient (Wildman–Crippen LogP) is 2.75. The molecule has 0 saturated heterocycles. The lowest BCUT2D eigenvalue weighted by Gasteiger charge is -2.20. The maximum absolute atomic E-state index is 10.5. The number of thiophene rings is 1. The van der Waals surface area contributed by atoms with E-state index in [1.807, 2.05) is 34.7 Å². The van der Waals surface area contributed by atoms with Crippen molar-refractivity contribution in [2.45, 2.75) is 6.54 Å². The quantitative estimate of drug-likeness (QED) is 0.596. The number of rotatable bonds is 3. The van der Waals surface area contributed by atoms with Crippen LogP contribution in [0.5, 0.6) is 0 Å². The number of nitro groups is 1. The van der Waals surface area contributed by atoms with Gasteiger partial charge in [-0.05, 0) is 23.6 Å². The van der Waals surface area contributed by atoms with Gasteiger partial charge in [-0.25, -0.2) is 0 Å². The Hall–Kier alpha value is -1.88. The topological polar surface area (TPSA) is 46.4 Å². The van der Waals surface area contributed by atoms with Gasteiger partial charge in [0.2, 0.25) is 0 Å². The molecule has 4 nitrogen and oxygen atoms in total. The fourth-order valence-electron chi connectivity index (χ4n) is 1.43. The molecule has 1 aliphatic heterocycles. The Morgan fingerprint density at radius 1 is 1.50 bits per heavy atom. The van der Waals surface area contributed by atoms with E-state index in [0.29, 0.717) is 12.2 Å². The molecule has 82 valence electrons. The normalized spacial score (nSPS) is 17.0. The van der Waals surface area contributed by atoms with E-state index >= 15 is 0 Å². The fourth-order valence-corrected chi connectivity index (χ4v) is 2.13. The van der Waals surface area contributed by atoms with Gasteiger partial charge in [-0.1, -0.05) is 12.1 Å². The molecule has 2 heterocycles. The first-order valence-electron chi connectivity index (χ1n) is 4.75. The van der Waals surface area contributed by atoms with E-state index in [9.17, 15) is 10.1 Å². The van der Waals surface area contributed by atoms with E-state index in [2.05, 4.69) is 0 Å². The first-order valence-corrected chi connectivity index (χ1v) is 5.63. The zero-order chi connectivity index (χ0) is 11.4. The summed E-state index contributed by atoms with van der Waals surface area (Å²) in [5, 5.41) is 12.5. The van der Waals surface area contributed by atoms with E-state index in [0.717, 1.165) is 6.20 Å². The highest BCUT2D eigenvalue weighted by atomic mass is 32.1. The molecule has 16 heavy (non-hydrogen) atoms. The molecule has 0 atom stereocenters. The van der Waals surface area contributed by atoms with Crippen LogP contribution in [0.3, 0.4) is 0 Å². The van der Waals surface area contributed by atoms with Crippen molar-refractivity contribution in [1.29, 1.82) is 0 Å². The van der Waals surface area contributed by atoms with Crippen LogP contribution in [0.15, 0.2) is 53.8 Å². The van der Waals surface area contributed by atoms with Gasteiger partial charge in [0.15, 0.2) is 0 Å². The zero-order valence-corrected chi connectivity index (χ0v) is 9.26. The molecule has 1 aromatic rings. The van der Waals surface area contributed by atoms with Crippen molar-refractivity contribution in [3.05, 3.63) is 68.8 Å². The Morgan fingerprint density at radius 2 is 2.38 bits per heavy atom. The molecular formula is C11H10N2O2S. The van der Waals surface area contributed by atoms with E-state index in [4.69, 9.17) is 0 Å². The van der Waals surface area contributed by atoms with Crippen molar-refractivity contribution in [2.24, 2.45) is 0 Å². The molecule has 0 aromatic carbocycles. The van der Waals surface area contributed by atoms with Gasteiger partial charge in [0.25, 0.3) is 6.20 Å². The average molecular weight is 234 g/mol. The van der Waals surface area contributed by atoms with Crippen molar-refractivity contribution in [3.63, 3.8) is 0 Å². The zero-order valence-electron chi connectivity index (χ0n) is 8.45. The molecule has 0 bridgehead atoms. The Labute approximate surface area is 97.0 Å². The summed E-state index contributed by atoms with van der Waals surface area (Å²) in [6.45, 7) is 0.665. The van der Waals surface area contributed by atoms with Crippen LogP contribution in [0, 0.1) is 10.1 Å². The molecular weight excluding hydrogens is 224 g/mol. The maximum atomic E-state index is 10.5. The van der Waals surface area contributed by atoms with Crippen LogP contribution < -0.4 is 0 Å². The van der Waals surface area contributed by atoms with Crippen LogP contribution in [0.4, 0.5) is 0 Å². The summed E-state index contributed by atoms with van der Waals surface area (Å²) in [5.41, 5.74) is 0.598. The third-order valence-electron chi connectivity index (χ3n) is 2.12. The third kappa shape index (κ3) is 2.58. The van der Waals surface area contributed by atoms with E-state index in [1.54, 1.807) is 23.5 Å². The smallest absolute Gasteiger partial charge is 0.257 e. The Balaban J connectivity index is 2.16. The third-order valence-corrected chi connectivity index (χ3v) is 2.98. The van der Waals surface area contributed by atoms with E-state index in [-0.39, 0.29) is 0 Å². The lowest BCUT2D eigenvalue weighted by molar-refractivity contribution is -0.404. The highest BCUT2D eigenvalue weighted by Gasteiger charge is 2.11. The lowest BCUT2D eigenvalue weighted by atomic mass is 10.2. The second-order valence-electron chi connectivity index (χ2n) is 3.25. The summed E-state index contributed by atoms with van der Waals surface area (Å²) in [6, 6.07) is 3.99. The number of hydrogen-bond donors (Lipinski definition) is 0. The van der Waals surface area contributed by atoms with Gasteiger partial charge in [0.05, 0.1) is 11.5 Å². The molecule has 2 rings (SSSR count). The van der Waals surface area contributed by atoms with Gasteiger partial charge in [-0.15, -0.1) is 11.3 Å². The standard InChI is InChI=1S/C11H10N2O2S/c14-13(15)8-10-4-1-2-6-12(10)9-11-5-3-7-16-11/h1-8H,9H2/b10-8+. The van der Waals surface area contributed by atoms with Gasteiger partial charge >= 0.3 is 0 Å². The second kappa shape index (κ2) is 4.76. The number of hydrogen-bond acceptors (Lipinski definition) is 4. The molecule has 1 aromatic heterocycles. The van der Waals surface area contributed by atoms with Crippen molar-refractivity contribution in [1.82, 2.24) is 4.90 Å². The minimum absolute atomic E-state index is 0.430. The highest BCUT2D eigenvalue weighted by Crippen LogP contribution is 2.19. The number of allylic oxidation sites excluding steroid dienone is 3. The predicted molar refractivity (Wildman–Crippen MR) is 63.2 cm³/mol. The molecule has 0 N–H and O–H groups in total. The minimum atomic E-state index is -0.430. The van der Waals surface area contributed by atoms with Gasteiger partial charge in [-0.3, -0.25) is 10.1 Å². The van der Waals surface area contributed by atoms with E-state index in [1.165, 1.54) is 4.88 Å². The van der Waals surface area contributed by atoms with Crippen LogP contribution in [0.1, 0.15) is 4.88 Å². The van der Waals surface area contributed by atoms with Crippen molar-refractivity contribution in [3.8, 4) is 0 Å². The molecule has 0 amide bonds. The van der Waals surface area contributed by atoms with Crippen LogP contribution in [0.2, 0.25) is 0 Å². The summed E-state index contributed by atoms with van der Waals surface area (Å²) in [7, 11) is 0. The summed E-state index contributed by atoms with van der Waals surface area (Å²) in [4.78, 5) is 13.1. The SMILES string of the molecule is O=[N+]([O-])/C=C1\C=CC=CN1Cc1cccs1. The highest BCUT2D eigenvalue weighted by molar-refractivity contribution is 7.09. The summed E-state index contributed by atoms with van der Waals surface area (Å²) < 4.78 is 0. The van der Waals surface area contributed by atoms with Gasteiger partial charge in [0, 0.05) is 11.1 Å². The second-order valence-corrected chi connectivity index (χ2v) is 4.28. The Kier molecular flexibility index (Phi) is 3.16. The van der Waals surface area contributed by atoms with Gasteiger partial charge in [-0.2, -0.15) is 0 Å². The first kappa shape index (κ1) is 10.6. The molecule has 5 heteroatoms. The summed E-state index contributed by atoms with van der Waals surface area (Å²) >= 11 is 1.64. The molecule has 1 aliphatic rings. The summed E-state index contributed by atoms with van der Waals surface area (Å²) in [5.74, 6) is 0. The van der Waals surface area contributed by atoms with Crippen molar-refractivity contribution < 1.29 is 4.92 Å². The van der Waals surface area contributed by atoms with Crippen molar-refractivity contribution >= 4 is 11.3 Å². The molecule has 0 aliphatic carbocycles. The molecule has 0 saturated carbocycles. The molecule has 0 radical (unpaired) electrons. The van der Waals surface area contributed by atoms with Crippen molar-refractivity contribution in [2.75, 3.05) is 0 Å². The van der Waals surface area contributed by atoms with Crippen LogP contribution in [0.25, 0.3) is 0 Å². The van der Waals surface area contributed by atoms with Crippen LogP contribution in [-0.2, 0) is 6.54 Å². The lowest BCUT2D eigenvalue weighted by Crippen LogP contribution is -2.17. The largest absolute Gasteiger partial charge is 0.338 e.